The summed E-state index contributed by atoms with van der Waals surface area (Å²) in [5.41, 5.74) is 11.9. The SMILES string of the molecule is CCCCCCCCC1NC(=O)C2CCCN2C(=O)C2CCCN2C(=O)C(Cc2ccc(O)cc2)NC(=O)C(CCCCN)NC(=O)C(CCC(N)=O)NC(=O)C2CCCN2C(=O)C2CCCN2C(=O)C(C(C)CC)NC(=O)C(CO)NC(=O)C(C)NC(=O)C(C(C)O)NC(=O)C(CCC(=O)O)NC1=O.O=C(O)C(F)(F)F. The lowest BCUT2D eigenvalue weighted by Crippen LogP contribution is -2.62. The number of hydrogen-bond donors (Lipinski definition) is 16. The van der Waals surface area contributed by atoms with Crippen LogP contribution in [0.1, 0.15) is 188 Å². The lowest BCUT2D eigenvalue weighted by Gasteiger charge is -2.35. The second kappa shape index (κ2) is 45.0. The van der Waals surface area contributed by atoms with Crippen LogP contribution in [0.5, 0.6) is 5.75 Å². The van der Waals surface area contributed by atoms with E-state index in [-0.39, 0.29) is 96.3 Å². The molecule has 0 radical (unpaired) electrons. The number of benzene rings is 1. The molecule has 5 aliphatic heterocycles. The molecular weight excluding hydrogens is 1480 g/mol. The summed E-state index contributed by atoms with van der Waals surface area (Å²) in [4.78, 5) is 228. The fourth-order valence-electron chi connectivity index (χ4n) is 14.1. The maximum Gasteiger partial charge on any atom is 0.490 e. The third-order valence-corrected chi connectivity index (χ3v) is 20.6. The normalized spacial score (nSPS) is 26.9. The van der Waals surface area contributed by atoms with Gasteiger partial charge in [0.2, 0.25) is 82.7 Å². The van der Waals surface area contributed by atoms with Gasteiger partial charge in [0, 0.05) is 45.4 Å². The maximum atomic E-state index is 15.3. The molecule has 5 aliphatic rings. The largest absolute Gasteiger partial charge is 0.508 e. The third-order valence-electron chi connectivity index (χ3n) is 20.6. The zero-order valence-corrected chi connectivity index (χ0v) is 64.0. The number of carboxylic acids is 2. The summed E-state index contributed by atoms with van der Waals surface area (Å²) in [7, 11) is 0. The fraction of sp³-hybridized carbons (Fsp3) is 0.699. The second-order valence-corrected chi connectivity index (χ2v) is 29.1. The second-order valence-electron chi connectivity index (χ2n) is 29.1. The Labute approximate surface area is 647 Å². The maximum absolute atomic E-state index is 15.3. The molecule has 39 heteroatoms. The van der Waals surface area contributed by atoms with Gasteiger partial charge in [0.25, 0.3) is 0 Å². The molecule has 5 heterocycles. The van der Waals surface area contributed by atoms with Crippen LogP contribution in [0.2, 0.25) is 0 Å². The molecule has 15 unspecified atom stereocenters. The molecule has 14 amide bonds. The van der Waals surface area contributed by atoms with Gasteiger partial charge in [-0.05, 0) is 134 Å². The zero-order chi connectivity index (χ0) is 83.3. The average molecular weight is 1590 g/mol. The van der Waals surface area contributed by atoms with Gasteiger partial charge in [-0.2, -0.15) is 13.2 Å². The highest BCUT2D eigenvalue weighted by atomic mass is 19.4. The Morgan fingerprint density at radius 2 is 0.884 bits per heavy atom. The Hall–Kier alpha value is -9.79. The molecule has 5 fully saturated rings. The summed E-state index contributed by atoms with van der Waals surface area (Å²) in [6.07, 6.45) is -1.79. The molecule has 0 spiro atoms. The summed E-state index contributed by atoms with van der Waals surface area (Å²) in [6.45, 7) is 7.09. The Kier molecular flexibility index (Phi) is 37.3. The summed E-state index contributed by atoms with van der Waals surface area (Å²) in [5.74, 6) is -17.0. The Morgan fingerprint density at radius 3 is 1.33 bits per heavy atom. The molecule has 15 atom stereocenters. The number of amides is 14. The van der Waals surface area contributed by atoms with E-state index in [1.54, 1.807) is 13.8 Å². The molecule has 6 rings (SSSR count). The fourth-order valence-corrected chi connectivity index (χ4v) is 14.1. The number of nitrogens with one attached hydrogen (secondary N) is 9. The van der Waals surface area contributed by atoms with Gasteiger partial charge in [0.05, 0.1) is 12.7 Å². The van der Waals surface area contributed by atoms with Crippen molar-refractivity contribution in [3.63, 3.8) is 0 Å². The number of aliphatic hydroxyl groups is 2. The Bertz CT molecular complexity index is 3470. The predicted octanol–water partition coefficient (Wildman–Crippen LogP) is -1.64. The number of carbonyl (C=O) groups is 16. The first-order valence-corrected chi connectivity index (χ1v) is 38.5. The third kappa shape index (κ3) is 27.6. The van der Waals surface area contributed by atoms with E-state index in [9.17, 15) is 95.9 Å². The van der Waals surface area contributed by atoms with Gasteiger partial charge in [-0.3, -0.25) is 71.9 Å². The molecule has 5 saturated heterocycles. The van der Waals surface area contributed by atoms with Crippen molar-refractivity contribution in [3.8, 4) is 5.75 Å². The van der Waals surface area contributed by atoms with E-state index in [2.05, 4.69) is 47.9 Å². The number of alkyl halides is 3. The molecule has 1 aromatic rings. The first kappa shape index (κ1) is 92.8. The van der Waals surface area contributed by atoms with Gasteiger partial charge in [0.15, 0.2) is 0 Å². The van der Waals surface area contributed by atoms with Crippen LogP contribution in [-0.4, -0.2) is 270 Å². The van der Waals surface area contributed by atoms with E-state index < -0.39 is 217 Å². The Morgan fingerprint density at radius 1 is 0.491 bits per heavy atom. The quantitative estimate of drug-likeness (QED) is 0.0546. The van der Waals surface area contributed by atoms with E-state index in [1.165, 1.54) is 50.8 Å². The highest BCUT2D eigenvalue weighted by Gasteiger charge is 2.48. The number of carboxylic acid groups (broad SMARTS) is 2. The highest BCUT2D eigenvalue weighted by Crippen LogP contribution is 2.30. The van der Waals surface area contributed by atoms with Crippen molar-refractivity contribution >= 4 is 94.6 Å². The number of primary amides is 1. The van der Waals surface area contributed by atoms with Crippen LogP contribution in [0.25, 0.3) is 0 Å². The number of rotatable bonds is 23. The minimum absolute atomic E-state index is 0.00909. The Balaban J connectivity index is 0.00000305. The van der Waals surface area contributed by atoms with Gasteiger partial charge in [-0.15, -0.1) is 0 Å². The van der Waals surface area contributed by atoms with Gasteiger partial charge >= 0.3 is 18.1 Å². The number of phenols is 1. The lowest BCUT2D eigenvalue weighted by atomic mass is 9.96. The van der Waals surface area contributed by atoms with Crippen LogP contribution in [0, 0.1) is 5.92 Å². The molecule has 36 nitrogen and oxygen atoms in total. The number of aliphatic hydroxyl groups excluding tert-OH is 2. The molecule has 18 N–H and O–H groups in total. The topological polar surface area (TPSA) is 548 Å². The lowest BCUT2D eigenvalue weighted by molar-refractivity contribution is -0.192. The average Bonchev–Trinajstić information content (AvgIpc) is 1.63. The number of unbranched alkanes of at least 4 members (excludes halogenated alkanes) is 6. The first-order chi connectivity index (χ1) is 53.0. The van der Waals surface area contributed by atoms with Crippen molar-refractivity contribution in [1.82, 2.24) is 67.5 Å². The number of carbonyl (C=O) groups excluding carboxylic acids is 14. The van der Waals surface area contributed by atoms with E-state index in [1.807, 2.05) is 6.92 Å². The minimum atomic E-state index is -5.08. The van der Waals surface area contributed by atoms with Gasteiger partial charge < -0.3 is 104 Å². The molecule has 626 valence electrons. The van der Waals surface area contributed by atoms with Crippen molar-refractivity contribution in [2.24, 2.45) is 17.4 Å². The minimum Gasteiger partial charge on any atom is -0.508 e. The van der Waals surface area contributed by atoms with E-state index >= 15 is 9.59 Å². The van der Waals surface area contributed by atoms with Crippen LogP contribution in [-0.2, 0) is 83.1 Å². The number of nitrogens with two attached hydrogens (primary N) is 2. The standard InChI is InChI=1S/C71H111N15O19.C2HF3O2/c1-6-8-9-10-11-12-19-46-60(94)76-48(30-32-56(91)92)63(97)82-58(42(5)88)67(101)74-41(4)59(93)80-50(39-87)64(98)81-57(40(3)7-2)71(105)86-37-18-24-54(86)70(104)84-35-16-22-52(84)66(100)78-47(29-31-55(73)90)62(96)75-45(20-13-14-33-72)61(95)79-49(38-43-25-27-44(89)28-26-43)68(102)85-36-17-23-53(85)69(103)83-34-15-21-51(83)65(99)77-46;3-2(4,5)1(6)7/h25-28,40-42,45-54,57-58,87-89H,6-24,29-39,72H2,1-5H3,(H2,73,90)(H,74,101)(H,75,96)(H,76,94)(H,77,99)(H,78,100)(H,79,95)(H,80,93)(H,81,98)(H,82,97)(H,91,92);(H,6,7). The van der Waals surface area contributed by atoms with Crippen molar-refractivity contribution < 1.29 is 115 Å². The summed E-state index contributed by atoms with van der Waals surface area (Å²) < 4.78 is 31.7. The van der Waals surface area contributed by atoms with Crippen molar-refractivity contribution in [3.05, 3.63) is 29.8 Å². The zero-order valence-electron chi connectivity index (χ0n) is 64.0. The first-order valence-electron chi connectivity index (χ1n) is 38.5. The molecule has 0 saturated carbocycles. The summed E-state index contributed by atoms with van der Waals surface area (Å²) >= 11 is 0. The van der Waals surface area contributed by atoms with Crippen LogP contribution in [0.4, 0.5) is 13.2 Å². The van der Waals surface area contributed by atoms with Crippen molar-refractivity contribution in [2.45, 2.75) is 280 Å². The molecule has 0 bridgehead atoms. The smallest absolute Gasteiger partial charge is 0.490 e. The summed E-state index contributed by atoms with van der Waals surface area (Å²) in [6, 6.07) is -13.0. The molecular formula is C73H112F3N15O21. The van der Waals surface area contributed by atoms with Gasteiger partial charge in [0.1, 0.15) is 84.3 Å². The van der Waals surface area contributed by atoms with Crippen LogP contribution >= 0.6 is 0 Å². The van der Waals surface area contributed by atoms with E-state index in [0.29, 0.717) is 56.9 Å². The van der Waals surface area contributed by atoms with Gasteiger partial charge in [-0.1, -0.05) is 77.8 Å². The molecule has 112 heavy (non-hydrogen) atoms. The highest BCUT2D eigenvalue weighted by molar-refractivity contribution is 6.01. The van der Waals surface area contributed by atoms with Crippen LogP contribution in [0.3, 0.4) is 0 Å². The number of hydrogen-bond acceptors (Lipinski definition) is 20. The molecule has 0 aromatic heterocycles. The van der Waals surface area contributed by atoms with Crippen LogP contribution < -0.4 is 59.3 Å². The van der Waals surface area contributed by atoms with Crippen molar-refractivity contribution in [1.29, 1.82) is 0 Å². The number of halogens is 3. The van der Waals surface area contributed by atoms with E-state index in [0.717, 1.165) is 32.6 Å². The molecule has 0 aliphatic carbocycles. The van der Waals surface area contributed by atoms with Crippen LogP contribution in [0.15, 0.2) is 24.3 Å². The monoisotopic (exact) mass is 1590 g/mol. The van der Waals surface area contributed by atoms with E-state index in [4.69, 9.17) is 21.4 Å². The number of aromatic hydroxyl groups is 1. The molecule has 1 aromatic carbocycles. The number of nitrogens with zero attached hydrogens (tertiary/aromatic N) is 4. The number of phenolic OH excluding ortho intramolecular Hbond substituents is 1. The predicted molar refractivity (Wildman–Crippen MR) is 392 cm³/mol. The van der Waals surface area contributed by atoms with Gasteiger partial charge in [-0.25, -0.2) is 4.79 Å². The number of fused-ring (bicyclic) bond motifs is 4. The summed E-state index contributed by atoms with van der Waals surface area (Å²) in [5, 5.41) is 71.8. The van der Waals surface area contributed by atoms with Crippen molar-refractivity contribution in [2.75, 3.05) is 39.3 Å². The number of aliphatic carboxylic acids is 2.